The quantitative estimate of drug-likeness (QED) is 0.801. The Morgan fingerprint density at radius 2 is 2.00 bits per heavy atom. The summed E-state index contributed by atoms with van der Waals surface area (Å²) in [6.45, 7) is 2.18. The third-order valence-electron chi connectivity index (χ3n) is 3.59. The second kappa shape index (κ2) is 6.54. The van der Waals surface area contributed by atoms with Crippen LogP contribution in [0.3, 0.4) is 0 Å². The van der Waals surface area contributed by atoms with Crippen LogP contribution in [-0.4, -0.2) is 42.4 Å². The van der Waals surface area contributed by atoms with Gasteiger partial charge in [0, 0.05) is 19.5 Å². The normalized spacial score (nSPS) is 23.6. The molecule has 2 amide bonds. The van der Waals surface area contributed by atoms with E-state index in [4.69, 9.17) is 5.73 Å². The second-order valence-electron chi connectivity index (χ2n) is 5.40. The first kappa shape index (κ1) is 15.3. The van der Waals surface area contributed by atoms with Gasteiger partial charge in [0.2, 0.25) is 11.8 Å². The molecule has 1 aromatic rings. The van der Waals surface area contributed by atoms with E-state index in [1.54, 1.807) is 24.9 Å². The van der Waals surface area contributed by atoms with Gasteiger partial charge in [-0.3, -0.25) is 9.59 Å². The van der Waals surface area contributed by atoms with Crippen molar-refractivity contribution in [3.05, 3.63) is 48.0 Å². The molecular weight excluding hydrogens is 266 g/mol. The zero-order valence-electron chi connectivity index (χ0n) is 12.3. The molecule has 5 heteroatoms. The van der Waals surface area contributed by atoms with Gasteiger partial charge in [-0.05, 0) is 12.5 Å². The number of carbonyl (C=O) groups excluding carboxylic acids is 2. The van der Waals surface area contributed by atoms with Crippen LogP contribution in [0.2, 0.25) is 0 Å². The van der Waals surface area contributed by atoms with E-state index >= 15 is 0 Å². The van der Waals surface area contributed by atoms with Crippen LogP contribution in [0.1, 0.15) is 18.4 Å². The molecule has 0 unspecified atom stereocenters. The van der Waals surface area contributed by atoms with E-state index in [9.17, 15) is 9.59 Å². The van der Waals surface area contributed by atoms with Crippen LogP contribution >= 0.6 is 0 Å². The van der Waals surface area contributed by atoms with Crippen LogP contribution in [0, 0.1) is 0 Å². The highest BCUT2D eigenvalue weighted by molar-refractivity contribution is 5.91. The van der Waals surface area contributed by atoms with Crippen LogP contribution in [0.15, 0.2) is 42.5 Å². The molecule has 2 rings (SSSR count). The largest absolute Gasteiger partial charge is 0.343 e. The van der Waals surface area contributed by atoms with Gasteiger partial charge < -0.3 is 16.0 Å². The summed E-state index contributed by atoms with van der Waals surface area (Å²) in [6.07, 6.45) is 3.73. The SMILES string of the molecule is C[C@H](N)C(=O)N[C@H]1C=C[C@@H](c2ccccc2)CN(C)C1=O. The molecule has 3 N–H and O–H groups in total. The number of amides is 2. The lowest BCUT2D eigenvalue weighted by atomic mass is 9.98. The summed E-state index contributed by atoms with van der Waals surface area (Å²) in [4.78, 5) is 25.6. The van der Waals surface area contributed by atoms with Gasteiger partial charge in [-0.1, -0.05) is 42.5 Å². The number of likely N-dealkylation sites (N-methyl/N-ethyl adjacent to an activating group) is 1. The van der Waals surface area contributed by atoms with E-state index in [1.807, 2.05) is 36.4 Å². The first-order valence-corrected chi connectivity index (χ1v) is 7.03. The summed E-state index contributed by atoms with van der Waals surface area (Å²) in [6, 6.07) is 8.70. The lowest BCUT2D eigenvalue weighted by molar-refractivity contribution is -0.134. The van der Waals surface area contributed by atoms with E-state index in [0.717, 1.165) is 5.56 Å². The van der Waals surface area contributed by atoms with E-state index in [0.29, 0.717) is 6.54 Å². The van der Waals surface area contributed by atoms with Crippen LogP contribution in [0.4, 0.5) is 0 Å². The molecule has 0 saturated heterocycles. The van der Waals surface area contributed by atoms with Crippen molar-refractivity contribution in [2.24, 2.45) is 5.73 Å². The van der Waals surface area contributed by atoms with Crippen molar-refractivity contribution in [2.45, 2.75) is 24.9 Å². The Kier molecular flexibility index (Phi) is 4.75. The highest BCUT2D eigenvalue weighted by Gasteiger charge is 2.27. The van der Waals surface area contributed by atoms with E-state index < -0.39 is 12.1 Å². The molecule has 3 atom stereocenters. The number of hydrogen-bond donors (Lipinski definition) is 2. The van der Waals surface area contributed by atoms with E-state index in [2.05, 4.69) is 5.32 Å². The molecule has 1 heterocycles. The van der Waals surface area contributed by atoms with Crippen LogP contribution in [-0.2, 0) is 9.59 Å². The summed E-state index contributed by atoms with van der Waals surface area (Å²) >= 11 is 0. The molecule has 0 fully saturated rings. The fourth-order valence-electron chi connectivity index (χ4n) is 2.32. The number of nitrogens with zero attached hydrogens (tertiary/aromatic N) is 1. The Balaban J connectivity index is 2.18. The maximum absolute atomic E-state index is 12.3. The minimum absolute atomic E-state index is 0.123. The molecule has 0 saturated carbocycles. The summed E-state index contributed by atoms with van der Waals surface area (Å²) in [5.74, 6) is -0.333. The topological polar surface area (TPSA) is 75.4 Å². The molecule has 21 heavy (non-hydrogen) atoms. The highest BCUT2D eigenvalue weighted by Crippen LogP contribution is 2.21. The van der Waals surface area contributed by atoms with Gasteiger partial charge in [0.15, 0.2) is 0 Å². The van der Waals surface area contributed by atoms with Crippen molar-refractivity contribution in [1.29, 1.82) is 0 Å². The fraction of sp³-hybridized carbons (Fsp3) is 0.375. The molecular formula is C16H21N3O2. The Morgan fingerprint density at radius 3 is 2.62 bits per heavy atom. The predicted molar refractivity (Wildman–Crippen MR) is 81.5 cm³/mol. The lowest BCUT2D eigenvalue weighted by Crippen LogP contribution is -2.50. The van der Waals surface area contributed by atoms with Gasteiger partial charge in [0.1, 0.15) is 6.04 Å². The third-order valence-corrected chi connectivity index (χ3v) is 3.59. The Morgan fingerprint density at radius 1 is 1.33 bits per heavy atom. The van der Waals surface area contributed by atoms with Crippen LogP contribution in [0.25, 0.3) is 0 Å². The lowest BCUT2D eigenvalue weighted by Gasteiger charge is -2.23. The maximum Gasteiger partial charge on any atom is 0.248 e. The van der Waals surface area contributed by atoms with Gasteiger partial charge in [0.25, 0.3) is 0 Å². The predicted octanol–water partition coefficient (Wildman–Crippen LogP) is 0.630. The number of nitrogens with one attached hydrogen (secondary N) is 1. The molecule has 0 bridgehead atoms. The van der Waals surface area contributed by atoms with Gasteiger partial charge in [-0.2, -0.15) is 0 Å². The highest BCUT2D eigenvalue weighted by atomic mass is 16.2. The minimum Gasteiger partial charge on any atom is -0.343 e. The molecule has 112 valence electrons. The second-order valence-corrected chi connectivity index (χ2v) is 5.40. The molecule has 0 aromatic heterocycles. The third kappa shape index (κ3) is 3.70. The fourth-order valence-corrected chi connectivity index (χ4v) is 2.32. The smallest absolute Gasteiger partial charge is 0.248 e. The molecule has 0 radical (unpaired) electrons. The Bertz CT molecular complexity index is 540. The van der Waals surface area contributed by atoms with Crippen LogP contribution < -0.4 is 11.1 Å². The van der Waals surface area contributed by atoms with Crippen LogP contribution in [0.5, 0.6) is 0 Å². The standard InChI is InChI=1S/C16H21N3O2/c1-11(17)15(20)18-14-9-8-13(10-19(2)16(14)21)12-6-4-3-5-7-12/h3-9,11,13-14H,10,17H2,1-2H3,(H,18,20)/t11-,13+,14-/m0/s1. The van der Waals surface area contributed by atoms with Crippen molar-refractivity contribution in [3.8, 4) is 0 Å². The number of carbonyl (C=O) groups is 2. The number of rotatable bonds is 3. The first-order chi connectivity index (χ1) is 9.99. The van der Waals surface area contributed by atoms with E-state index in [-0.39, 0.29) is 17.7 Å². The number of hydrogen-bond acceptors (Lipinski definition) is 3. The average molecular weight is 287 g/mol. The van der Waals surface area contributed by atoms with Crippen molar-refractivity contribution in [1.82, 2.24) is 10.2 Å². The van der Waals surface area contributed by atoms with Crippen molar-refractivity contribution < 1.29 is 9.59 Å². The molecule has 1 aliphatic heterocycles. The monoisotopic (exact) mass is 287 g/mol. The minimum atomic E-state index is -0.651. The van der Waals surface area contributed by atoms with Crippen molar-refractivity contribution in [2.75, 3.05) is 13.6 Å². The molecule has 1 aromatic carbocycles. The van der Waals surface area contributed by atoms with E-state index in [1.165, 1.54) is 0 Å². The molecule has 0 aliphatic carbocycles. The number of benzene rings is 1. The van der Waals surface area contributed by atoms with Gasteiger partial charge >= 0.3 is 0 Å². The van der Waals surface area contributed by atoms with Crippen molar-refractivity contribution in [3.63, 3.8) is 0 Å². The Labute approximate surface area is 124 Å². The molecule has 0 spiro atoms. The van der Waals surface area contributed by atoms with Gasteiger partial charge in [-0.15, -0.1) is 0 Å². The van der Waals surface area contributed by atoms with Gasteiger partial charge in [-0.25, -0.2) is 0 Å². The summed E-state index contributed by atoms with van der Waals surface area (Å²) in [7, 11) is 1.75. The zero-order chi connectivity index (χ0) is 15.4. The Hall–Kier alpha value is -2.14. The maximum atomic E-state index is 12.3. The summed E-state index contributed by atoms with van der Waals surface area (Å²) in [5.41, 5.74) is 6.68. The molecule has 1 aliphatic rings. The van der Waals surface area contributed by atoms with Crippen molar-refractivity contribution >= 4 is 11.8 Å². The number of nitrogens with two attached hydrogens (primary N) is 1. The average Bonchev–Trinajstić information content (AvgIpc) is 2.61. The first-order valence-electron chi connectivity index (χ1n) is 7.03. The van der Waals surface area contributed by atoms with Gasteiger partial charge in [0.05, 0.1) is 6.04 Å². The molecule has 5 nitrogen and oxygen atoms in total. The summed E-state index contributed by atoms with van der Waals surface area (Å²) < 4.78 is 0. The zero-order valence-corrected chi connectivity index (χ0v) is 12.3. The summed E-state index contributed by atoms with van der Waals surface area (Å²) in [5, 5.41) is 2.67.